The van der Waals surface area contributed by atoms with Crippen molar-refractivity contribution in [2.75, 3.05) is 0 Å². The van der Waals surface area contributed by atoms with Crippen LogP contribution in [0, 0.1) is 0 Å². The molecule has 4 rings (SSSR count). The third kappa shape index (κ3) is 3.70. The molecule has 1 saturated carbocycles. The molecule has 1 unspecified atom stereocenters. The van der Waals surface area contributed by atoms with Crippen molar-refractivity contribution in [2.45, 2.75) is 25.4 Å². The van der Waals surface area contributed by atoms with Crippen LogP contribution >= 0.6 is 19.9 Å². The first kappa shape index (κ1) is 15.1. The van der Waals surface area contributed by atoms with Crippen molar-refractivity contribution in [3.63, 3.8) is 0 Å². The Bertz CT molecular complexity index is 725. The Balaban J connectivity index is 0.000000154. The van der Waals surface area contributed by atoms with Gasteiger partial charge < -0.3 is 4.74 Å². The summed E-state index contributed by atoms with van der Waals surface area (Å²) in [7, 11) is 0.213. The monoisotopic (exact) mass is 333 g/mol. The highest BCUT2D eigenvalue weighted by Gasteiger charge is 2.20. The largest absolute Gasteiger partial charge is 0.488 e. The normalized spacial score (nSPS) is 14.5. The van der Waals surface area contributed by atoms with Gasteiger partial charge in [0.2, 0.25) is 0 Å². The Kier molecular flexibility index (Phi) is 5.14. The zero-order chi connectivity index (χ0) is 15.2. The molecule has 5 nitrogen and oxygen atoms in total. The predicted octanol–water partition coefficient (Wildman–Crippen LogP) is 3.13. The van der Waals surface area contributed by atoms with Gasteiger partial charge in [0.15, 0.2) is 0 Å². The maximum Gasteiger partial charge on any atom is 0.146 e. The van der Waals surface area contributed by atoms with E-state index >= 15 is 0 Å². The first-order valence-electron chi connectivity index (χ1n) is 7.05. The summed E-state index contributed by atoms with van der Waals surface area (Å²) in [5.74, 6) is 0.952. The van der Waals surface area contributed by atoms with Gasteiger partial charge in [-0.2, -0.15) is 5.10 Å². The SMILES string of the molecule is O=CPc1ccn[nH]1.c1cc(OC2CCC2)c2ncsc2c1. The molecule has 1 N–H and O–H groups in total. The van der Waals surface area contributed by atoms with E-state index < -0.39 is 0 Å². The molecule has 7 heteroatoms. The van der Waals surface area contributed by atoms with E-state index in [1.165, 1.54) is 24.0 Å². The molecule has 1 aliphatic carbocycles. The summed E-state index contributed by atoms with van der Waals surface area (Å²) in [6.45, 7) is 0. The number of hydrogen-bond donors (Lipinski definition) is 1. The minimum Gasteiger partial charge on any atom is -0.488 e. The number of para-hydroxylation sites is 1. The standard InChI is InChI=1S/C11H11NOS.C4H5N2OP/c1-3-8(4-1)13-9-5-2-6-10-11(9)12-7-14-10;7-3-8-4-1-2-5-6-4/h2,5-8H,1,3-4H2;1-3,8H,(H,5,6). The van der Waals surface area contributed by atoms with E-state index in [1.807, 2.05) is 17.6 Å². The fourth-order valence-corrected chi connectivity index (χ4v) is 3.14. The number of H-pyrrole nitrogens is 1. The van der Waals surface area contributed by atoms with E-state index in [4.69, 9.17) is 4.74 Å². The van der Waals surface area contributed by atoms with E-state index in [1.54, 1.807) is 23.6 Å². The lowest BCUT2D eigenvalue weighted by atomic mass is 9.96. The van der Waals surface area contributed by atoms with Gasteiger partial charge in [0.25, 0.3) is 0 Å². The summed E-state index contributed by atoms with van der Waals surface area (Å²) >= 11 is 1.66. The fraction of sp³-hybridized carbons (Fsp3) is 0.267. The lowest BCUT2D eigenvalue weighted by Crippen LogP contribution is -2.24. The molecule has 0 amide bonds. The number of rotatable bonds is 4. The van der Waals surface area contributed by atoms with E-state index in [0.29, 0.717) is 6.10 Å². The first-order chi connectivity index (χ1) is 10.9. The van der Waals surface area contributed by atoms with Gasteiger partial charge in [-0.3, -0.25) is 9.89 Å². The van der Waals surface area contributed by atoms with Gasteiger partial charge in [0, 0.05) is 6.20 Å². The van der Waals surface area contributed by atoms with Crippen molar-refractivity contribution in [1.29, 1.82) is 0 Å². The minimum absolute atomic E-state index is 0.213. The van der Waals surface area contributed by atoms with Crippen LogP contribution in [-0.2, 0) is 4.79 Å². The van der Waals surface area contributed by atoms with Crippen molar-refractivity contribution < 1.29 is 9.53 Å². The van der Waals surface area contributed by atoms with Crippen LogP contribution in [0.2, 0.25) is 0 Å². The molecule has 0 spiro atoms. The molecule has 1 aliphatic rings. The third-order valence-electron chi connectivity index (χ3n) is 3.38. The van der Waals surface area contributed by atoms with Gasteiger partial charge in [0.1, 0.15) is 17.3 Å². The third-order valence-corrected chi connectivity index (χ3v) is 4.89. The number of aromatic nitrogens is 3. The highest BCUT2D eigenvalue weighted by molar-refractivity contribution is 7.62. The van der Waals surface area contributed by atoms with Crippen LogP contribution < -0.4 is 10.2 Å². The van der Waals surface area contributed by atoms with Crippen LogP contribution in [0.4, 0.5) is 0 Å². The van der Waals surface area contributed by atoms with E-state index in [2.05, 4.69) is 21.2 Å². The second-order valence-corrected chi connectivity index (χ2v) is 6.81. The van der Waals surface area contributed by atoms with Crippen molar-refractivity contribution in [3.05, 3.63) is 36.0 Å². The smallest absolute Gasteiger partial charge is 0.146 e. The number of carbonyl (C=O) groups is 1. The van der Waals surface area contributed by atoms with Gasteiger partial charge in [0.05, 0.1) is 21.7 Å². The molecule has 0 bridgehead atoms. The molecule has 2 heterocycles. The Hall–Kier alpha value is -1.78. The number of thiazole rings is 1. The van der Waals surface area contributed by atoms with Gasteiger partial charge in [-0.25, -0.2) is 4.98 Å². The second kappa shape index (κ2) is 7.47. The molecular formula is C15H16N3O2PS. The highest BCUT2D eigenvalue weighted by Crippen LogP contribution is 2.31. The van der Waals surface area contributed by atoms with Crippen molar-refractivity contribution in [2.24, 2.45) is 0 Å². The Morgan fingerprint density at radius 2 is 2.27 bits per heavy atom. The Morgan fingerprint density at radius 1 is 1.36 bits per heavy atom. The van der Waals surface area contributed by atoms with Gasteiger partial charge in [-0.05, 0) is 46.0 Å². The molecule has 3 aromatic rings. The number of hydrogen-bond acceptors (Lipinski definition) is 5. The number of aromatic amines is 1. The second-order valence-electron chi connectivity index (χ2n) is 4.86. The number of nitrogens with one attached hydrogen (secondary N) is 1. The average Bonchev–Trinajstić information content (AvgIpc) is 3.15. The molecule has 114 valence electrons. The molecule has 0 aliphatic heterocycles. The molecule has 1 atom stereocenters. The number of benzene rings is 1. The Labute approximate surface area is 133 Å². The van der Waals surface area contributed by atoms with Crippen molar-refractivity contribution >= 4 is 41.6 Å². The predicted molar refractivity (Wildman–Crippen MR) is 91.2 cm³/mol. The van der Waals surface area contributed by atoms with Crippen LogP contribution in [0.3, 0.4) is 0 Å². The quantitative estimate of drug-likeness (QED) is 0.588. The first-order valence-corrected chi connectivity index (χ1v) is 9.01. The topological polar surface area (TPSA) is 67.9 Å². The summed E-state index contributed by atoms with van der Waals surface area (Å²) in [6.07, 6.45) is 5.76. The van der Waals surface area contributed by atoms with Crippen molar-refractivity contribution in [1.82, 2.24) is 15.2 Å². The van der Waals surface area contributed by atoms with Gasteiger partial charge in [-0.1, -0.05) is 6.07 Å². The van der Waals surface area contributed by atoms with E-state index in [-0.39, 0.29) is 8.58 Å². The summed E-state index contributed by atoms with van der Waals surface area (Å²) in [4.78, 5) is 14.2. The fourth-order valence-electron chi connectivity index (χ4n) is 2.02. The van der Waals surface area contributed by atoms with Crippen LogP contribution in [0.5, 0.6) is 5.75 Å². The van der Waals surface area contributed by atoms with Crippen LogP contribution in [0.1, 0.15) is 19.3 Å². The van der Waals surface area contributed by atoms with Crippen molar-refractivity contribution in [3.8, 4) is 5.75 Å². The molecule has 22 heavy (non-hydrogen) atoms. The number of ether oxygens (including phenoxy) is 1. The minimum atomic E-state index is 0.213. The number of fused-ring (bicyclic) bond motifs is 1. The van der Waals surface area contributed by atoms with Crippen LogP contribution in [-0.4, -0.2) is 27.3 Å². The van der Waals surface area contributed by atoms with Gasteiger partial charge in [-0.15, -0.1) is 11.3 Å². The molecular weight excluding hydrogens is 317 g/mol. The highest BCUT2D eigenvalue weighted by atomic mass is 32.1. The van der Waals surface area contributed by atoms with E-state index in [0.717, 1.165) is 22.7 Å². The summed E-state index contributed by atoms with van der Waals surface area (Å²) < 4.78 is 7.08. The Morgan fingerprint density at radius 3 is 2.95 bits per heavy atom. The molecule has 1 aromatic carbocycles. The van der Waals surface area contributed by atoms with E-state index in [9.17, 15) is 4.79 Å². The number of carbonyl (C=O) groups excluding carboxylic acids is 1. The lowest BCUT2D eigenvalue weighted by molar-refractivity contribution is 0.122. The number of nitrogens with zero attached hydrogens (tertiary/aromatic N) is 2. The maximum atomic E-state index is 9.84. The maximum absolute atomic E-state index is 9.84. The lowest BCUT2D eigenvalue weighted by Gasteiger charge is -2.26. The summed E-state index contributed by atoms with van der Waals surface area (Å²) in [5, 5.41) is 6.33. The van der Waals surface area contributed by atoms with Crippen LogP contribution in [0.15, 0.2) is 36.0 Å². The molecule has 0 saturated heterocycles. The molecule has 0 radical (unpaired) electrons. The zero-order valence-corrected chi connectivity index (χ0v) is 13.7. The summed E-state index contributed by atoms with van der Waals surface area (Å²) in [5.41, 5.74) is 3.78. The van der Waals surface area contributed by atoms with Gasteiger partial charge >= 0.3 is 0 Å². The zero-order valence-electron chi connectivity index (χ0n) is 11.9. The average molecular weight is 333 g/mol. The summed E-state index contributed by atoms with van der Waals surface area (Å²) in [6, 6.07) is 8.79. The molecule has 1 fully saturated rings. The molecule has 2 aromatic heterocycles. The van der Waals surface area contributed by atoms with Crippen LogP contribution in [0.25, 0.3) is 10.2 Å².